The summed E-state index contributed by atoms with van der Waals surface area (Å²) in [6.45, 7) is 5.70. The maximum absolute atomic E-state index is 12.7. The van der Waals surface area contributed by atoms with Gasteiger partial charge in [-0.2, -0.15) is 0 Å². The average Bonchev–Trinajstić information content (AvgIpc) is 2.77. The van der Waals surface area contributed by atoms with E-state index in [2.05, 4.69) is 19.2 Å². The normalized spacial score (nSPS) is 12.5. The molecule has 0 aromatic heterocycles. The number of amides is 1. The number of para-hydroxylation sites is 1. The number of methoxy groups -OCH3 is 3. The molecule has 162 valence electrons. The van der Waals surface area contributed by atoms with Crippen molar-refractivity contribution in [1.29, 1.82) is 0 Å². The third kappa shape index (κ3) is 5.23. The Morgan fingerprint density at radius 3 is 2.13 bits per heavy atom. The number of benzene rings is 2. The van der Waals surface area contributed by atoms with Gasteiger partial charge in [0.1, 0.15) is 11.3 Å². The number of esters is 1. The SMILES string of the molecule is CC[C@H](C)c1ccccc1NC(=O)[C@@H](C)OC(=O)c1cc(OC)c(OC)cc1OC. The number of carbonyl (C=O) groups is 2. The van der Waals surface area contributed by atoms with E-state index in [4.69, 9.17) is 18.9 Å². The molecule has 0 saturated heterocycles. The van der Waals surface area contributed by atoms with Crippen LogP contribution in [0.3, 0.4) is 0 Å². The molecule has 0 spiro atoms. The molecule has 1 N–H and O–H groups in total. The van der Waals surface area contributed by atoms with Gasteiger partial charge in [-0.25, -0.2) is 4.79 Å². The van der Waals surface area contributed by atoms with E-state index in [1.165, 1.54) is 40.4 Å². The highest BCUT2D eigenvalue weighted by molar-refractivity contribution is 5.99. The van der Waals surface area contributed by atoms with Crippen molar-refractivity contribution in [3.8, 4) is 17.2 Å². The predicted octanol–water partition coefficient (Wildman–Crippen LogP) is 4.41. The summed E-state index contributed by atoms with van der Waals surface area (Å²) in [6.07, 6.45) is -0.0726. The first-order valence-electron chi connectivity index (χ1n) is 9.76. The summed E-state index contributed by atoms with van der Waals surface area (Å²) < 4.78 is 21.1. The van der Waals surface area contributed by atoms with Crippen LogP contribution >= 0.6 is 0 Å². The van der Waals surface area contributed by atoms with E-state index in [0.717, 1.165) is 12.0 Å². The molecule has 0 radical (unpaired) electrons. The lowest BCUT2D eigenvalue weighted by Gasteiger charge is -2.19. The lowest BCUT2D eigenvalue weighted by molar-refractivity contribution is -0.123. The fourth-order valence-electron chi connectivity index (χ4n) is 2.96. The number of ether oxygens (including phenoxy) is 4. The van der Waals surface area contributed by atoms with Crippen molar-refractivity contribution in [2.45, 2.75) is 39.2 Å². The Kier molecular flexibility index (Phi) is 8.09. The van der Waals surface area contributed by atoms with E-state index in [0.29, 0.717) is 17.2 Å². The monoisotopic (exact) mass is 415 g/mol. The highest BCUT2D eigenvalue weighted by atomic mass is 16.6. The molecule has 0 bridgehead atoms. The fraction of sp³-hybridized carbons (Fsp3) is 0.391. The summed E-state index contributed by atoms with van der Waals surface area (Å²) in [7, 11) is 4.38. The Hall–Kier alpha value is -3.22. The molecule has 2 rings (SSSR count). The molecule has 1 amide bonds. The number of hydrogen-bond donors (Lipinski definition) is 1. The molecule has 7 nitrogen and oxygen atoms in total. The minimum Gasteiger partial charge on any atom is -0.496 e. The van der Waals surface area contributed by atoms with E-state index in [1.807, 2.05) is 24.3 Å². The summed E-state index contributed by atoms with van der Waals surface area (Å²) in [5.41, 5.74) is 1.88. The second-order valence-electron chi connectivity index (χ2n) is 6.84. The van der Waals surface area contributed by atoms with Crippen molar-refractivity contribution in [3.05, 3.63) is 47.5 Å². The summed E-state index contributed by atoms with van der Waals surface area (Å²) in [5.74, 6) is 0.190. The molecule has 0 aliphatic carbocycles. The van der Waals surface area contributed by atoms with Gasteiger partial charge < -0.3 is 24.3 Å². The molecular weight excluding hydrogens is 386 g/mol. The number of anilines is 1. The first-order valence-corrected chi connectivity index (χ1v) is 9.76. The highest BCUT2D eigenvalue weighted by Gasteiger charge is 2.24. The third-order valence-electron chi connectivity index (χ3n) is 4.94. The quantitative estimate of drug-likeness (QED) is 0.611. The van der Waals surface area contributed by atoms with Gasteiger partial charge in [0.05, 0.1) is 21.3 Å². The maximum atomic E-state index is 12.7. The molecular formula is C23H29NO6. The summed E-state index contributed by atoms with van der Waals surface area (Å²) in [5, 5.41) is 2.86. The predicted molar refractivity (Wildman–Crippen MR) is 115 cm³/mol. The van der Waals surface area contributed by atoms with E-state index >= 15 is 0 Å². The second kappa shape index (κ2) is 10.5. The van der Waals surface area contributed by atoms with Crippen LogP contribution in [0.25, 0.3) is 0 Å². The Morgan fingerprint density at radius 2 is 1.53 bits per heavy atom. The van der Waals surface area contributed by atoms with Gasteiger partial charge in [-0.1, -0.05) is 32.0 Å². The maximum Gasteiger partial charge on any atom is 0.342 e. The van der Waals surface area contributed by atoms with Gasteiger partial charge in [0, 0.05) is 17.8 Å². The van der Waals surface area contributed by atoms with Crippen molar-refractivity contribution in [3.63, 3.8) is 0 Å². The molecule has 0 aliphatic rings. The van der Waals surface area contributed by atoms with Gasteiger partial charge in [0.15, 0.2) is 17.6 Å². The van der Waals surface area contributed by atoms with Gasteiger partial charge in [-0.3, -0.25) is 4.79 Å². The lowest BCUT2D eigenvalue weighted by Crippen LogP contribution is -2.30. The van der Waals surface area contributed by atoms with Crippen molar-refractivity contribution in [1.82, 2.24) is 0 Å². The lowest BCUT2D eigenvalue weighted by atomic mass is 9.97. The molecule has 0 unspecified atom stereocenters. The van der Waals surface area contributed by atoms with E-state index in [9.17, 15) is 9.59 Å². The second-order valence-corrected chi connectivity index (χ2v) is 6.84. The molecule has 2 atom stereocenters. The van der Waals surface area contributed by atoms with Gasteiger partial charge in [0.25, 0.3) is 5.91 Å². The Bertz CT molecular complexity index is 895. The minimum absolute atomic E-state index is 0.134. The molecule has 2 aromatic carbocycles. The average molecular weight is 415 g/mol. The zero-order chi connectivity index (χ0) is 22.3. The van der Waals surface area contributed by atoms with Crippen molar-refractivity contribution < 1.29 is 28.5 Å². The van der Waals surface area contributed by atoms with Crippen LogP contribution in [0.2, 0.25) is 0 Å². The smallest absolute Gasteiger partial charge is 0.342 e. The molecule has 0 aliphatic heterocycles. The summed E-state index contributed by atoms with van der Waals surface area (Å²) in [6, 6.07) is 10.6. The Balaban J connectivity index is 2.17. The van der Waals surface area contributed by atoms with Crippen LogP contribution in [0.4, 0.5) is 5.69 Å². The zero-order valence-electron chi connectivity index (χ0n) is 18.3. The topological polar surface area (TPSA) is 83.1 Å². The summed E-state index contributed by atoms with van der Waals surface area (Å²) in [4.78, 5) is 25.4. The van der Waals surface area contributed by atoms with Crippen LogP contribution in [0, 0.1) is 0 Å². The van der Waals surface area contributed by atoms with Crippen molar-refractivity contribution >= 4 is 17.6 Å². The number of rotatable bonds is 9. The first kappa shape index (κ1) is 23.1. The minimum atomic E-state index is -1.01. The number of hydrogen-bond acceptors (Lipinski definition) is 6. The van der Waals surface area contributed by atoms with Gasteiger partial charge in [0.2, 0.25) is 0 Å². The Labute approximate surface area is 177 Å². The van der Waals surface area contributed by atoms with E-state index in [-0.39, 0.29) is 17.2 Å². The molecule has 2 aromatic rings. The highest BCUT2D eigenvalue weighted by Crippen LogP contribution is 2.35. The molecule has 30 heavy (non-hydrogen) atoms. The van der Waals surface area contributed by atoms with Gasteiger partial charge in [-0.05, 0) is 30.9 Å². The largest absolute Gasteiger partial charge is 0.496 e. The van der Waals surface area contributed by atoms with E-state index in [1.54, 1.807) is 0 Å². The molecule has 0 heterocycles. The van der Waals surface area contributed by atoms with E-state index < -0.39 is 18.0 Å². The van der Waals surface area contributed by atoms with Crippen LogP contribution < -0.4 is 19.5 Å². The Morgan fingerprint density at radius 1 is 0.933 bits per heavy atom. The van der Waals surface area contributed by atoms with Crippen molar-refractivity contribution in [2.75, 3.05) is 26.6 Å². The van der Waals surface area contributed by atoms with Crippen LogP contribution in [0.15, 0.2) is 36.4 Å². The van der Waals surface area contributed by atoms with Gasteiger partial charge >= 0.3 is 5.97 Å². The van der Waals surface area contributed by atoms with Crippen LogP contribution in [-0.4, -0.2) is 39.3 Å². The van der Waals surface area contributed by atoms with Gasteiger partial charge in [-0.15, -0.1) is 0 Å². The number of carbonyl (C=O) groups excluding carboxylic acids is 2. The molecule has 7 heteroatoms. The van der Waals surface area contributed by atoms with Crippen LogP contribution in [-0.2, 0) is 9.53 Å². The fourth-order valence-corrected chi connectivity index (χ4v) is 2.96. The van der Waals surface area contributed by atoms with Crippen molar-refractivity contribution in [2.24, 2.45) is 0 Å². The molecule has 0 saturated carbocycles. The third-order valence-corrected chi connectivity index (χ3v) is 4.94. The van der Waals surface area contributed by atoms with Crippen LogP contribution in [0.1, 0.15) is 49.0 Å². The first-order chi connectivity index (χ1) is 14.4. The van der Waals surface area contributed by atoms with Crippen LogP contribution in [0.5, 0.6) is 17.2 Å². The molecule has 0 fully saturated rings. The summed E-state index contributed by atoms with van der Waals surface area (Å²) >= 11 is 0. The number of nitrogens with one attached hydrogen (secondary N) is 1. The zero-order valence-corrected chi connectivity index (χ0v) is 18.3. The standard InChI is InChI=1S/C23H29NO6/c1-7-14(2)16-10-8-9-11-18(16)24-22(25)15(3)30-23(26)17-12-20(28-5)21(29-6)13-19(17)27-4/h8-15H,7H2,1-6H3,(H,24,25)/t14-,15+/m0/s1.